The van der Waals surface area contributed by atoms with Crippen molar-refractivity contribution in [2.24, 2.45) is 0 Å². The van der Waals surface area contributed by atoms with E-state index in [0.717, 1.165) is 24.6 Å². The summed E-state index contributed by atoms with van der Waals surface area (Å²) in [5, 5.41) is 6.18. The van der Waals surface area contributed by atoms with Crippen LogP contribution in [-0.2, 0) is 0 Å². The highest BCUT2D eigenvalue weighted by atomic mass is 32.2. The Morgan fingerprint density at radius 2 is 2.14 bits per heavy atom. The molecule has 5 heteroatoms. The van der Waals surface area contributed by atoms with E-state index in [9.17, 15) is 0 Å². The summed E-state index contributed by atoms with van der Waals surface area (Å²) in [7, 11) is 1.83. The van der Waals surface area contributed by atoms with Crippen molar-refractivity contribution >= 4 is 23.4 Å². The maximum Gasteiger partial charge on any atom is 0.146 e. The normalized spacial score (nSPS) is 9.86. The van der Waals surface area contributed by atoms with Crippen LogP contribution in [0.5, 0.6) is 0 Å². The van der Waals surface area contributed by atoms with Gasteiger partial charge in [-0.25, -0.2) is 4.98 Å². The lowest BCUT2D eigenvalue weighted by Gasteiger charge is -2.05. The lowest BCUT2D eigenvalue weighted by atomic mass is 10.5. The van der Waals surface area contributed by atoms with Crippen LogP contribution < -0.4 is 10.6 Å². The van der Waals surface area contributed by atoms with Crippen LogP contribution in [0.15, 0.2) is 12.4 Å². The molecular weight excluding hydrogens is 196 g/mol. The van der Waals surface area contributed by atoms with Gasteiger partial charge in [-0.15, -0.1) is 0 Å². The predicted molar refractivity (Wildman–Crippen MR) is 63.1 cm³/mol. The number of hydrogen-bond acceptors (Lipinski definition) is 5. The van der Waals surface area contributed by atoms with Crippen molar-refractivity contribution < 1.29 is 0 Å². The molecule has 0 bridgehead atoms. The van der Waals surface area contributed by atoms with E-state index in [-0.39, 0.29) is 0 Å². The van der Waals surface area contributed by atoms with E-state index in [1.807, 2.05) is 18.8 Å². The molecule has 4 nitrogen and oxygen atoms in total. The van der Waals surface area contributed by atoms with Crippen LogP contribution in [0.3, 0.4) is 0 Å². The van der Waals surface area contributed by atoms with Crippen LogP contribution in [0.4, 0.5) is 11.6 Å². The SMILES string of the molecule is CNc1cncc(NCCCSC)n1. The molecule has 0 amide bonds. The molecule has 0 fully saturated rings. The monoisotopic (exact) mass is 212 g/mol. The quantitative estimate of drug-likeness (QED) is 0.703. The fourth-order valence-corrected chi connectivity index (χ4v) is 1.44. The third kappa shape index (κ3) is 3.83. The van der Waals surface area contributed by atoms with Crippen molar-refractivity contribution in [1.29, 1.82) is 0 Å². The minimum Gasteiger partial charge on any atom is -0.372 e. The summed E-state index contributed by atoms with van der Waals surface area (Å²) in [5.74, 6) is 2.80. The number of hydrogen-bond donors (Lipinski definition) is 2. The maximum atomic E-state index is 4.30. The van der Waals surface area contributed by atoms with E-state index in [4.69, 9.17) is 0 Å². The first-order valence-corrected chi connectivity index (χ1v) is 5.99. The Labute approximate surface area is 88.9 Å². The molecule has 0 atom stereocenters. The maximum absolute atomic E-state index is 4.30. The minimum atomic E-state index is 0.792. The molecule has 2 N–H and O–H groups in total. The fraction of sp³-hybridized carbons (Fsp3) is 0.556. The van der Waals surface area contributed by atoms with E-state index in [2.05, 4.69) is 26.9 Å². The third-order valence-electron chi connectivity index (χ3n) is 1.72. The van der Waals surface area contributed by atoms with Gasteiger partial charge in [0.1, 0.15) is 11.6 Å². The second-order valence-electron chi connectivity index (χ2n) is 2.81. The standard InChI is InChI=1S/C9H16N4S/c1-10-8-6-11-7-9(13-8)12-4-3-5-14-2/h6-7H,3-5H2,1-2H3,(H2,10,12,13). The summed E-state index contributed by atoms with van der Waals surface area (Å²) >= 11 is 1.86. The highest BCUT2D eigenvalue weighted by molar-refractivity contribution is 7.98. The number of anilines is 2. The van der Waals surface area contributed by atoms with Gasteiger partial charge in [-0.05, 0) is 18.4 Å². The zero-order chi connectivity index (χ0) is 10.2. The van der Waals surface area contributed by atoms with Gasteiger partial charge < -0.3 is 10.6 Å². The molecule has 0 aromatic carbocycles. The molecule has 0 aliphatic heterocycles. The van der Waals surface area contributed by atoms with E-state index < -0.39 is 0 Å². The van der Waals surface area contributed by atoms with Crippen LogP contribution in [-0.4, -0.2) is 35.6 Å². The molecule has 1 rings (SSSR count). The van der Waals surface area contributed by atoms with Crippen LogP contribution in [0, 0.1) is 0 Å². The second-order valence-corrected chi connectivity index (χ2v) is 3.80. The average Bonchev–Trinajstić information content (AvgIpc) is 2.25. The zero-order valence-electron chi connectivity index (χ0n) is 8.58. The molecule has 14 heavy (non-hydrogen) atoms. The molecule has 1 aromatic rings. The lowest BCUT2D eigenvalue weighted by molar-refractivity contribution is 0.977. The van der Waals surface area contributed by atoms with Crippen LogP contribution in [0.2, 0.25) is 0 Å². The average molecular weight is 212 g/mol. The van der Waals surface area contributed by atoms with Gasteiger partial charge in [0.25, 0.3) is 0 Å². The van der Waals surface area contributed by atoms with Gasteiger partial charge in [0.05, 0.1) is 12.4 Å². The van der Waals surface area contributed by atoms with Crippen LogP contribution in [0.25, 0.3) is 0 Å². The van der Waals surface area contributed by atoms with Crippen molar-refractivity contribution in [2.45, 2.75) is 6.42 Å². The molecule has 0 unspecified atom stereocenters. The van der Waals surface area contributed by atoms with Gasteiger partial charge >= 0.3 is 0 Å². The summed E-state index contributed by atoms with van der Waals surface area (Å²) in [6, 6.07) is 0. The van der Waals surface area contributed by atoms with Crippen molar-refractivity contribution in [2.75, 3.05) is 36.2 Å². The number of thioether (sulfide) groups is 1. The first-order chi connectivity index (χ1) is 6.86. The van der Waals surface area contributed by atoms with E-state index in [1.165, 1.54) is 5.75 Å². The Morgan fingerprint density at radius 1 is 1.36 bits per heavy atom. The molecule has 0 saturated carbocycles. The van der Waals surface area contributed by atoms with Crippen LogP contribution in [0.1, 0.15) is 6.42 Å². The number of aromatic nitrogens is 2. The third-order valence-corrected chi connectivity index (χ3v) is 2.42. The summed E-state index contributed by atoms with van der Waals surface area (Å²) in [6.45, 7) is 0.947. The summed E-state index contributed by atoms with van der Waals surface area (Å²) in [5.41, 5.74) is 0. The second kappa shape index (κ2) is 6.48. The van der Waals surface area contributed by atoms with Crippen molar-refractivity contribution in [1.82, 2.24) is 9.97 Å². The van der Waals surface area contributed by atoms with Gasteiger partial charge in [-0.3, -0.25) is 4.98 Å². The van der Waals surface area contributed by atoms with Gasteiger partial charge in [-0.2, -0.15) is 11.8 Å². The summed E-state index contributed by atoms with van der Waals surface area (Å²) in [4.78, 5) is 8.36. The Hall–Kier alpha value is -0.970. The van der Waals surface area contributed by atoms with Gasteiger partial charge in [0, 0.05) is 13.6 Å². The summed E-state index contributed by atoms with van der Waals surface area (Å²) < 4.78 is 0. The number of nitrogens with one attached hydrogen (secondary N) is 2. The van der Waals surface area contributed by atoms with Crippen LogP contribution >= 0.6 is 11.8 Å². The van der Waals surface area contributed by atoms with Crippen molar-refractivity contribution in [3.8, 4) is 0 Å². The molecule has 1 aromatic heterocycles. The Kier molecular flexibility index (Phi) is 5.14. The van der Waals surface area contributed by atoms with E-state index in [0.29, 0.717) is 0 Å². The molecule has 0 radical (unpaired) electrons. The molecule has 0 saturated heterocycles. The smallest absolute Gasteiger partial charge is 0.146 e. The van der Waals surface area contributed by atoms with E-state index >= 15 is 0 Å². The first kappa shape index (κ1) is 11.1. The Bertz CT molecular complexity index is 267. The zero-order valence-corrected chi connectivity index (χ0v) is 9.40. The molecule has 0 aliphatic carbocycles. The van der Waals surface area contributed by atoms with Gasteiger partial charge in [0.2, 0.25) is 0 Å². The molecule has 1 heterocycles. The highest BCUT2D eigenvalue weighted by Crippen LogP contribution is 2.05. The van der Waals surface area contributed by atoms with Crippen molar-refractivity contribution in [3.05, 3.63) is 12.4 Å². The highest BCUT2D eigenvalue weighted by Gasteiger charge is 1.95. The summed E-state index contributed by atoms with van der Waals surface area (Å²) in [6.07, 6.45) is 6.70. The largest absolute Gasteiger partial charge is 0.372 e. The number of nitrogens with zero attached hydrogens (tertiary/aromatic N) is 2. The molecule has 0 aliphatic rings. The van der Waals surface area contributed by atoms with Gasteiger partial charge in [0.15, 0.2) is 0 Å². The van der Waals surface area contributed by atoms with Gasteiger partial charge in [-0.1, -0.05) is 0 Å². The predicted octanol–water partition coefficient (Wildman–Crippen LogP) is 1.68. The molecular formula is C9H16N4S. The molecule has 0 spiro atoms. The van der Waals surface area contributed by atoms with Crippen molar-refractivity contribution in [3.63, 3.8) is 0 Å². The van der Waals surface area contributed by atoms with E-state index in [1.54, 1.807) is 12.4 Å². The first-order valence-electron chi connectivity index (χ1n) is 4.59. The lowest BCUT2D eigenvalue weighted by Crippen LogP contribution is -2.05. The fourth-order valence-electron chi connectivity index (χ4n) is 1.00. The minimum absolute atomic E-state index is 0.792. The topological polar surface area (TPSA) is 49.8 Å². The Morgan fingerprint density at radius 3 is 2.86 bits per heavy atom. The molecule has 78 valence electrons. The number of rotatable bonds is 6. The Balaban J connectivity index is 2.34.